The van der Waals surface area contributed by atoms with Crippen LogP contribution in [0.15, 0.2) is 41.4 Å². The van der Waals surface area contributed by atoms with E-state index < -0.39 is 11.7 Å². The molecule has 2 aliphatic rings. The number of hydrogen-bond donors (Lipinski definition) is 1. The van der Waals surface area contributed by atoms with Crippen molar-refractivity contribution in [2.24, 2.45) is 10.9 Å². The second-order valence-electron chi connectivity index (χ2n) is 7.28. The van der Waals surface area contributed by atoms with Crippen molar-refractivity contribution in [1.82, 2.24) is 0 Å². The predicted molar refractivity (Wildman–Crippen MR) is 103 cm³/mol. The molecule has 140 valence electrons. The normalized spacial score (nSPS) is 22.2. The highest BCUT2D eigenvalue weighted by molar-refractivity contribution is 6.12. The van der Waals surface area contributed by atoms with Crippen molar-refractivity contribution in [2.75, 3.05) is 23.3 Å². The van der Waals surface area contributed by atoms with Crippen molar-refractivity contribution < 1.29 is 13.6 Å². The third-order valence-corrected chi connectivity index (χ3v) is 5.21. The Morgan fingerprint density at radius 3 is 2.85 bits per heavy atom. The number of piperidine rings is 1. The molecule has 1 saturated heterocycles. The van der Waals surface area contributed by atoms with Gasteiger partial charge in [-0.15, -0.1) is 0 Å². The highest BCUT2D eigenvalue weighted by Crippen LogP contribution is 2.34. The summed E-state index contributed by atoms with van der Waals surface area (Å²) in [5, 5.41) is 2.64. The van der Waals surface area contributed by atoms with E-state index in [1.54, 1.807) is 24.3 Å². The van der Waals surface area contributed by atoms with E-state index in [0.29, 0.717) is 23.0 Å². The highest BCUT2D eigenvalue weighted by atomic mass is 19.1. The monoisotopic (exact) mass is 369 g/mol. The van der Waals surface area contributed by atoms with Gasteiger partial charge >= 0.3 is 0 Å². The second-order valence-corrected chi connectivity index (χ2v) is 7.28. The molecule has 1 amide bonds. The zero-order chi connectivity index (χ0) is 19.0. The number of aliphatic imine (C=N–C) groups is 1. The van der Waals surface area contributed by atoms with Crippen LogP contribution in [0.4, 0.5) is 25.8 Å². The van der Waals surface area contributed by atoms with Gasteiger partial charge in [0.05, 0.1) is 11.4 Å². The van der Waals surface area contributed by atoms with Crippen molar-refractivity contribution in [3.05, 3.63) is 53.6 Å². The molecule has 0 bridgehead atoms. The zero-order valence-electron chi connectivity index (χ0n) is 15.1. The number of fused-ring (bicyclic) bond motifs is 1. The third kappa shape index (κ3) is 3.44. The van der Waals surface area contributed by atoms with Crippen LogP contribution in [-0.4, -0.2) is 25.2 Å². The Balaban J connectivity index is 1.55. The van der Waals surface area contributed by atoms with Gasteiger partial charge in [0, 0.05) is 36.6 Å². The molecule has 0 saturated carbocycles. The fraction of sp³-hybridized carbons (Fsp3) is 0.333. The molecule has 27 heavy (non-hydrogen) atoms. The summed E-state index contributed by atoms with van der Waals surface area (Å²) in [6, 6.07) is 9.32. The summed E-state index contributed by atoms with van der Waals surface area (Å²) in [6.45, 7) is 3.87. The maximum absolute atomic E-state index is 14.6. The Morgan fingerprint density at radius 2 is 2.07 bits per heavy atom. The van der Waals surface area contributed by atoms with E-state index >= 15 is 0 Å². The average Bonchev–Trinajstić information content (AvgIpc) is 2.96. The molecular formula is C21H21F2N3O. The van der Waals surface area contributed by atoms with Crippen LogP contribution < -0.4 is 10.2 Å². The molecule has 0 spiro atoms. The summed E-state index contributed by atoms with van der Waals surface area (Å²) in [4.78, 5) is 18.4. The molecule has 2 aliphatic heterocycles. The minimum atomic E-state index is -0.813. The lowest BCUT2D eigenvalue weighted by Crippen LogP contribution is -2.34. The Bertz CT molecular complexity index is 912. The molecule has 0 aromatic heterocycles. The summed E-state index contributed by atoms with van der Waals surface area (Å²) in [5.41, 5.74) is 1.72. The van der Waals surface area contributed by atoms with Crippen LogP contribution in [0.2, 0.25) is 0 Å². The van der Waals surface area contributed by atoms with Crippen molar-refractivity contribution in [3.63, 3.8) is 0 Å². The topological polar surface area (TPSA) is 44.7 Å². The number of carbonyl (C=O) groups is 1. The number of carbonyl (C=O) groups excluding carboxylic acids is 1. The number of anilines is 2. The van der Waals surface area contributed by atoms with E-state index in [2.05, 4.69) is 22.1 Å². The summed E-state index contributed by atoms with van der Waals surface area (Å²) >= 11 is 0. The maximum atomic E-state index is 14.6. The van der Waals surface area contributed by atoms with Gasteiger partial charge in [-0.1, -0.05) is 13.0 Å². The first kappa shape index (κ1) is 17.6. The lowest BCUT2D eigenvalue weighted by Gasteiger charge is -2.33. The standard InChI is InChI=1S/C21H21F2N3O/c1-13-4-3-9-26(12-13)19-8-7-14(10-17(19)23)24-11-15-20-16(22)5-2-6-18(20)25-21(15)27/h2,5-8,10-11,13,15H,3-4,9,12H2,1H3,(H,25,27). The van der Waals surface area contributed by atoms with E-state index in [1.165, 1.54) is 24.8 Å². The Labute approximate surface area is 156 Å². The minimum Gasteiger partial charge on any atom is -0.369 e. The summed E-state index contributed by atoms with van der Waals surface area (Å²) in [5.74, 6) is -1.39. The van der Waals surface area contributed by atoms with Crippen LogP contribution in [0, 0.1) is 17.6 Å². The van der Waals surface area contributed by atoms with Gasteiger partial charge in [-0.3, -0.25) is 9.79 Å². The van der Waals surface area contributed by atoms with Gasteiger partial charge in [-0.05, 0) is 43.0 Å². The van der Waals surface area contributed by atoms with Gasteiger partial charge in [-0.25, -0.2) is 8.78 Å². The van der Waals surface area contributed by atoms with Crippen molar-refractivity contribution >= 4 is 29.2 Å². The third-order valence-electron chi connectivity index (χ3n) is 5.21. The SMILES string of the molecule is CC1CCCN(c2ccc(N=CC3C(=O)Nc4cccc(F)c43)cc2F)C1. The van der Waals surface area contributed by atoms with Crippen LogP contribution in [0.1, 0.15) is 31.2 Å². The van der Waals surface area contributed by atoms with E-state index in [1.807, 2.05) is 0 Å². The first-order chi connectivity index (χ1) is 13.0. The highest BCUT2D eigenvalue weighted by Gasteiger charge is 2.31. The van der Waals surface area contributed by atoms with Gasteiger partial charge in [0.25, 0.3) is 0 Å². The molecule has 4 nitrogen and oxygen atoms in total. The van der Waals surface area contributed by atoms with Crippen LogP contribution in [-0.2, 0) is 4.79 Å². The Hall–Kier alpha value is -2.76. The van der Waals surface area contributed by atoms with Crippen LogP contribution >= 0.6 is 0 Å². The number of halogens is 2. The van der Waals surface area contributed by atoms with Gasteiger partial charge in [0.1, 0.15) is 17.6 Å². The fourth-order valence-corrected chi connectivity index (χ4v) is 3.85. The predicted octanol–water partition coefficient (Wildman–Crippen LogP) is 4.64. The molecule has 6 heteroatoms. The molecule has 2 heterocycles. The number of benzene rings is 2. The lowest BCUT2D eigenvalue weighted by atomic mass is 9.99. The van der Waals surface area contributed by atoms with E-state index in [9.17, 15) is 13.6 Å². The fourth-order valence-electron chi connectivity index (χ4n) is 3.85. The minimum absolute atomic E-state index is 0.283. The van der Waals surface area contributed by atoms with Gasteiger partial charge < -0.3 is 10.2 Å². The van der Waals surface area contributed by atoms with Crippen LogP contribution in [0.25, 0.3) is 0 Å². The summed E-state index contributed by atoms with van der Waals surface area (Å²) in [7, 11) is 0. The maximum Gasteiger partial charge on any atom is 0.237 e. The Morgan fingerprint density at radius 1 is 1.22 bits per heavy atom. The van der Waals surface area contributed by atoms with Crippen molar-refractivity contribution in [3.8, 4) is 0 Å². The average molecular weight is 369 g/mol. The lowest BCUT2D eigenvalue weighted by molar-refractivity contribution is -0.115. The largest absolute Gasteiger partial charge is 0.369 e. The van der Waals surface area contributed by atoms with Gasteiger partial charge in [0.15, 0.2) is 0 Å². The molecule has 2 aromatic rings. The number of nitrogens with one attached hydrogen (secondary N) is 1. The first-order valence-electron chi connectivity index (χ1n) is 9.21. The summed E-state index contributed by atoms with van der Waals surface area (Å²) in [6.07, 6.45) is 3.60. The van der Waals surface area contributed by atoms with Gasteiger partial charge in [-0.2, -0.15) is 0 Å². The number of nitrogens with zero attached hydrogens (tertiary/aromatic N) is 2. The number of hydrogen-bond acceptors (Lipinski definition) is 3. The Kier molecular flexibility index (Phi) is 4.64. The first-order valence-corrected chi connectivity index (χ1v) is 9.21. The van der Waals surface area contributed by atoms with Crippen molar-refractivity contribution in [1.29, 1.82) is 0 Å². The molecule has 0 aliphatic carbocycles. The van der Waals surface area contributed by atoms with E-state index in [-0.39, 0.29) is 17.3 Å². The van der Waals surface area contributed by atoms with E-state index in [4.69, 9.17) is 0 Å². The quantitative estimate of drug-likeness (QED) is 0.801. The van der Waals surface area contributed by atoms with Crippen LogP contribution in [0.3, 0.4) is 0 Å². The summed E-state index contributed by atoms with van der Waals surface area (Å²) < 4.78 is 28.7. The number of amides is 1. The molecule has 0 radical (unpaired) electrons. The molecule has 1 N–H and O–H groups in total. The molecule has 2 atom stereocenters. The number of rotatable bonds is 3. The smallest absolute Gasteiger partial charge is 0.237 e. The van der Waals surface area contributed by atoms with E-state index in [0.717, 1.165) is 19.5 Å². The molecule has 2 unspecified atom stereocenters. The molecular weight excluding hydrogens is 348 g/mol. The zero-order valence-corrected chi connectivity index (χ0v) is 15.1. The van der Waals surface area contributed by atoms with Crippen molar-refractivity contribution in [2.45, 2.75) is 25.7 Å². The molecule has 2 aromatic carbocycles. The van der Waals surface area contributed by atoms with Crippen LogP contribution in [0.5, 0.6) is 0 Å². The molecule has 4 rings (SSSR count). The van der Waals surface area contributed by atoms with Gasteiger partial charge in [0.2, 0.25) is 5.91 Å². The second kappa shape index (κ2) is 7.10. The molecule has 1 fully saturated rings.